The van der Waals surface area contributed by atoms with Gasteiger partial charge in [-0.2, -0.15) is 5.10 Å². The molecule has 0 radical (unpaired) electrons. The SMILES string of the molecule is Cc1cc(NC(=O)CN2CCN(c3nccs3)[C@H](C)C2)n(C)n1. The minimum atomic E-state index is 0.00268. The first-order valence-electron chi connectivity index (χ1n) is 7.72. The van der Waals surface area contributed by atoms with Crippen LogP contribution in [0, 0.1) is 6.92 Å². The topological polar surface area (TPSA) is 66.3 Å². The second-order valence-electron chi connectivity index (χ2n) is 5.93. The van der Waals surface area contributed by atoms with Gasteiger partial charge in [0.05, 0.1) is 12.2 Å². The average Bonchev–Trinajstić information content (AvgIpc) is 3.09. The number of carbonyl (C=O) groups is 1. The number of thiazole rings is 1. The lowest BCUT2D eigenvalue weighted by Gasteiger charge is -2.39. The molecule has 1 N–H and O–H groups in total. The number of aryl methyl sites for hydroxylation is 2. The van der Waals surface area contributed by atoms with Crippen LogP contribution in [0.1, 0.15) is 12.6 Å². The first-order valence-corrected chi connectivity index (χ1v) is 8.60. The van der Waals surface area contributed by atoms with Gasteiger partial charge in [-0.25, -0.2) is 4.98 Å². The van der Waals surface area contributed by atoms with Gasteiger partial charge in [-0.05, 0) is 13.8 Å². The van der Waals surface area contributed by atoms with Crippen molar-refractivity contribution in [3.05, 3.63) is 23.3 Å². The fourth-order valence-corrected chi connectivity index (χ4v) is 3.70. The summed E-state index contributed by atoms with van der Waals surface area (Å²) in [6, 6.07) is 2.22. The molecule has 1 amide bonds. The number of rotatable bonds is 4. The van der Waals surface area contributed by atoms with Crippen molar-refractivity contribution in [1.29, 1.82) is 0 Å². The molecule has 1 aliphatic rings. The van der Waals surface area contributed by atoms with Crippen LogP contribution in [0.3, 0.4) is 0 Å². The highest BCUT2D eigenvalue weighted by Gasteiger charge is 2.26. The number of nitrogens with zero attached hydrogens (tertiary/aromatic N) is 5. The van der Waals surface area contributed by atoms with Crippen LogP contribution in [0.25, 0.3) is 0 Å². The van der Waals surface area contributed by atoms with Gasteiger partial charge in [0.25, 0.3) is 0 Å². The first kappa shape index (κ1) is 15.9. The molecule has 2 aromatic rings. The highest BCUT2D eigenvalue weighted by atomic mass is 32.1. The Hall–Kier alpha value is -1.93. The Labute approximate surface area is 139 Å². The largest absolute Gasteiger partial charge is 0.343 e. The van der Waals surface area contributed by atoms with Gasteiger partial charge in [0.1, 0.15) is 5.82 Å². The molecule has 0 spiro atoms. The van der Waals surface area contributed by atoms with Gasteiger partial charge >= 0.3 is 0 Å². The van der Waals surface area contributed by atoms with Crippen molar-refractivity contribution < 1.29 is 4.79 Å². The highest BCUT2D eigenvalue weighted by Crippen LogP contribution is 2.22. The number of nitrogens with one attached hydrogen (secondary N) is 1. The van der Waals surface area contributed by atoms with Crippen LogP contribution in [-0.2, 0) is 11.8 Å². The normalized spacial score (nSPS) is 19.1. The van der Waals surface area contributed by atoms with Crippen LogP contribution in [-0.4, -0.2) is 57.8 Å². The van der Waals surface area contributed by atoms with Gasteiger partial charge in [0.2, 0.25) is 5.91 Å². The van der Waals surface area contributed by atoms with Crippen LogP contribution in [0.15, 0.2) is 17.6 Å². The summed E-state index contributed by atoms with van der Waals surface area (Å²) in [5.41, 5.74) is 0.897. The van der Waals surface area contributed by atoms with E-state index in [-0.39, 0.29) is 5.91 Å². The van der Waals surface area contributed by atoms with E-state index in [1.54, 1.807) is 16.0 Å². The fourth-order valence-electron chi connectivity index (χ4n) is 2.93. The van der Waals surface area contributed by atoms with Crippen LogP contribution in [0.5, 0.6) is 0 Å². The summed E-state index contributed by atoms with van der Waals surface area (Å²) in [5.74, 6) is 0.741. The molecule has 1 aliphatic heterocycles. The summed E-state index contributed by atoms with van der Waals surface area (Å²) in [6.07, 6.45) is 1.84. The molecule has 0 aromatic carbocycles. The highest BCUT2D eigenvalue weighted by molar-refractivity contribution is 7.13. The predicted molar refractivity (Wildman–Crippen MR) is 91.9 cm³/mol. The van der Waals surface area contributed by atoms with E-state index >= 15 is 0 Å². The Balaban J connectivity index is 1.53. The van der Waals surface area contributed by atoms with Gasteiger partial charge in [-0.1, -0.05) is 0 Å². The Kier molecular flexibility index (Phi) is 4.63. The summed E-state index contributed by atoms with van der Waals surface area (Å²) >= 11 is 1.66. The summed E-state index contributed by atoms with van der Waals surface area (Å²) in [5, 5.41) is 10.2. The quantitative estimate of drug-likeness (QED) is 0.914. The van der Waals surface area contributed by atoms with E-state index in [2.05, 4.69) is 32.1 Å². The van der Waals surface area contributed by atoms with E-state index < -0.39 is 0 Å². The number of piperazine rings is 1. The molecule has 8 heteroatoms. The van der Waals surface area contributed by atoms with E-state index in [1.165, 1.54) is 0 Å². The molecular formula is C15H22N6OS. The van der Waals surface area contributed by atoms with Crippen molar-refractivity contribution in [2.24, 2.45) is 7.05 Å². The average molecular weight is 334 g/mol. The van der Waals surface area contributed by atoms with Crippen LogP contribution < -0.4 is 10.2 Å². The molecule has 0 bridgehead atoms. The second-order valence-corrected chi connectivity index (χ2v) is 6.81. The molecule has 3 rings (SSSR count). The summed E-state index contributed by atoms with van der Waals surface area (Å²) in [4.78, 5) is 21.1. The minimum Gasteiger partial charge on any atom is -0.343 e. The van der Waals surface area contributed by atoms with Gasteiger partial charge < -0.3 is 10.2 Å². The minimum absolute atomic E-state index is 0.00268. The van der Waals surface area contributed by atoms with E-state index in [1.807, 2.05) is 31.6 Å². The summed E-state index contributed by atoms with van der Waals surface area (Å²) in [7, 11) is 1.83. The molecule has 0 unspecified atom stereocenters. The van der Waals surface area contributed by atoms with E-state index in [9.17, 15) is 4.79 Å². The molecule has 3 heterocycles. The van der Waals surface area contributed by atoms with E-state index in [4.69, 9.17) is 0 Å². The first-order chi connectivity index (χ1) is 11.0. The van der Waals surface area contributed by atoms with Gasteiger partial charge in [0.15, 0.2) is 5.13 Å². The molecule has 1 saturated heterocycles. The van der Waals surface area contributed by atoms with Crippen LogP contribution in [0.2, 0.25) is 0 Å². The zero-order chi connectivity index (χ0) is 16.4. The standard InChI is InChI=1S/C15H22N6OS/c1-11-8-13(19(3)18-11)17-14(22)10-20-5-6-21(12(2)9-20)15-16-4-7-23-15/h4,7-8,12H,5-6,9-10H2,1-3H3,(H,17,22)/t12-/m1/s1. The Morgan fingerprint density at radius 1 is 1.48 bits per heavy atom. The van der Waals surface area contributed by atoms with Gasteiger partial charge in [0, 0.05) is 50.4 Å². The molecule has 1 atom stereocenters. The zero-order valence-corrected chi connectivity index (χ0v) is 14.5. The number of carbonyl (C=O) groups excluding carboxylic acids is 1. The lowest BCUT2D eigenvalue weighted by atomic mass is 10.2. The number of hydrogen-bond acceptors (Lipinski definition) is 6. The van der Waals surface area contributed by atoms with Crippen molar-refractivity contribution in [3.8, 4) is 0 Å². The molecule has 124 valence electrons. The maximum absolute atomic E-state index is 12.2. The third-order valence-electron chi connectivity index (χ3n) is 4.01. The van der Waals surface area contributed by atoms with E-state index in [0.29, 0.717) is 12.6 Å². The van der Waals surface area contributed by atoms with E-state index in [0.717, 1.165) is 36.3 Å². The zero-order valence-electron chi connectivity index (χ0n) is 13.7. The second kappa shape index (κ2) is 6.67. The lowest BCUT2D eigenvalue weighted by Crippen LogP contribution is -2.53. The van der Waals surface area contributed by atoms with Crippen molar-refractivity contribution in [3.63, 3.8) is 0 Å². The van der Waals surface area contributed by atoms with Crippen LogP contribution >= 0.6 is 11.3 Å². The number of aromatic nitrogens is 3. The summed E-state index contributed by atoms with van der Waals surface area (Å²) < 4.78 is 1.69. The molecule has 2 aromatic heterocycles. The lowest BCUT2D eigenvalue weighted by molar-refractivity contribution is -0.117. The maximum Gasteiger partial charge on any atom is 0.239 e. The van der Waals surface area contributed by atoms with Crippen molar-refractivity contribution in [2.45, 2.75) is 19.9 Å². The van der Waals surface area contributed by atoms with Crippen molar-refractivity contribution in [1.82, 2.24) is 19.7 Å². The van der Waals surface area contributed by atoms with Crippen molar-refractivity contribution in [2.75, 3.05) is 36.4 Å². The third kappa shape index (κ3) is 3.70. The molecule has 1 fully saturated rings. The number of amides is 1. The molecular weight excluding hydrogens is 312 g/mol. The summed E-state index contributed by atoms with van der Waals surface area (Å²) in [6.45, 7) is 7.11. The van der Waals surface area contributed by atoms with Gasteiger partial charge in [-0.15, -0.1) is 11.3 Å². The molecule has 0 saturated carbocycles. The number of anilines is 2. The van der Waals surface area contributed by atoms with Crippen molar-refractivity contribution >= 4 is 28.2 Å². The van der Waals surface area contributed by atoms with Crippen LogP contribution in [0.4, 0.5) is 10.9 Å². The molecule has 23 heavy (non-hydrogen) atoms. The Morgan fingerprint density at radius 3 is 2.91 bits per heavy atom. The molecule has 7 nitrogen and oxygen atoms in total. The Morgan fingerprint density at radius 2 is 2.30 bits per heavy atom. The van der Waals surface area contributed by atoms with Gasteiger partial charge in [-0.3, -0.25) is 14.4 Å². The molecule has 0 aliphatic carbocycles. The monoisotopic (exact) mass is 334 g/mol. The third-order valence-corrected chi connectivity index (χ3v) is 4.82. The fraction of sp³-hybridized carbons (Fsp3) is 0.533. The smallest absolute Gasteiger partial charge is 0.239 e. The predicted octanol–water partition coefficient (Wildman–Crippen LogP) is 1.33. The number of hydrogen-bond donors (Lipinski definition) is 1. The maximum atomic E-state index is 12.2. The Bertz CT molecular complexity index is 668.